The van der Waals surface area contributed by atoms with Crippen molar-refractivity contribution >= 4 is 40.5 Å². The lowest BCUT2D eigenvalue weighted by molar-refractivity contribution is -0.113. The fourth-order valence-corrected chi connectivity index (χ4v) is 4.80. The summed E-state index contributed by atoms with van der Waals surface area (Å²) in [6.07, 6.45) is 0. The lowest BCUT2D eigenvalue weighted by atomic mass is 10.1. The van der Waals surface area contributed by atoms with Gasteiger partial charge < -0.3 is 10.1 Å². The van der Waals surface area contributed by atoms with Gasteiger partial charge in [0.1, 0.15) is 21.5 Å². The van der Waals surface area contributed by atoms with Gasteiger partial charge in [-0.05, 0) is 62.4 Å². The number of rotatable bonds is 8. The Morgan fingerprint density at radius 3 is 2.53 bits per heavy atom. The highest BCUT2D eigenvalue weighted by molar-refractivity contribution is 7.99. The number of thiazole rings is 1. The molecule has 0 aliphatic heterocycles. The van der Waals surface area contributed by atoms with Gasteiger partial charge >= 0.3 is 0 Å². The molecular formula is C25H22N4O3S2. The number of anilines is 1. The number of nitrogens with one attached hydrogen (secondary N) is 1. The number of aromatic nitrogens is 3. The topological polar surface area (TPSA) is 94.1 Å². The van der Waals surface area contributed by atoms with Crippen molar-refractivity contribution < 1.29 is 14.3 Å². The first-order valence-corrected chi connectivity index (χ1v) is 12.2. The molecule has 0 bridgehead atoms. The van der Waals surface area contributed by atoms with E-state index in [4.69, 9.17) is 4.74 Å². The molecule has 0 saturated carbocycles. The molecule has 0 atom stereocenters. The average molecular weight is 491 g/mol. The van der Waals surface area contributed by atoms with E-state index in [1.54, 1.807) is 42.7 Å². The fraction of sp³-hybridized carbons (Fsp3) is 0.160. The Labute approximate surface area is 205 Å². The predicted octanol–water partition coefficient (Wildman–Crippen LogP) is 5.52. The van der Waals surface area contributed by atoms with Gasteiger partial charge in [-0.1, -0.05) is 23.9 Å². The summed E-state index contributed by atoms with van der Waals surface area (Å²) in [4.78, 5) is 29.2. The van der Waals surface area contributed by atoms with Gasteiger partial charge in [0.25, 0.3) is 0 Å². The number of hydrogen-bond acceptors (Lipinski definition) is 8. The van der Waals surface area contributed by atoms with Crippen LogP contribution in [0.2, 0.25) is 0 Å². The minimum atomic E-state index is -0.160. The van der Waals surface area contributed by atoms with Crippen LogP contribution in [-0.4, -0.2) is 39.7 Å². The zero-order valence-electron chi connectivity index (χ0n) is 18.9. The van der Waals surface area contributed by atoms with Gasteiger partial charge in [-0.3, -0.25) is 9.59 Å². The maximum Gasteiger partial charge on any atom is 0.234 e. The van der Waals surface area contributed by atoms with Crippen molar-refractivity contribution in [3.63, 3.8) is 0 Å². The molecule has 0 fully saturated rings. The van der Waals surface area contributed by atoms with Crippen LogP contribution in [0, 0.1) is 6.92 Å². The second-order valence-electron chi connectivity index (χ2n) is 7.39. The first kappa shape index (κ1) is 23.6. The number of amides is 1. The molecule has 172 valence electrons. The Kier molecular flexibility index (Phi) is 7.34. The number of carbonyl (C=O) groups is 2. The molecule has 0 aliphatic rings. The SMILES string of the molecule is COc1cccc(-c2nc(C)c(-c3ccc(SCC(=O)Nc4ccc(C(C)=O)cc4)nn3)s2)c1. The lowest BCUT2D eigenvalue weighted by Crippen LogP contribution is -2.14. The molecule has 1 amide bonds. The van der Waals surface area contributed by atoms with E-state index < -0.39 is 0 Å². The smallest absolute Gasteiger partial charge is 0.234 e. The minimum absolute atomic E-state index is 0.0134. The molecule has 34 heavy (non-hydrogen) atoms. The quantitative estimate of drug-likeness (QED) is 0.257. The van der Waals surface area contributed by atoms with Gasteiger partial charge in [0.2, 0.25) is 5.91 Å². The lowest BCUT2D eigenvalue weighted by Gasteiger charge is -2.05. The van der Waals surface area contributed by atoms with E-state index in [9.17, 15) is 9.59 Å². The Morgan fingerprint density at radius 2 is 1.85 bits per heavy atom. The highest BCUT2D eigenvalue weighted by Gasteiger charge is 2.14. The molecule has 4 rings (SSSR count). The molecule has 7 nitrogen and oxygen atoms in total. The molecule has 0 aliphatic carbocycles. The van der Waals surface area contributed by atoms with E-state index in [0.29, 0.717) is 16.3 Å². The average Bonchev–Trinajstić information content (AvgIpc) is 3.25. The zero-order chi connectivity index (χ0) is 24.1. The van der Waals surface area contributed by atoms with E-state index in [0.717, 1.165) is 32.6 Å². The normalized spacial score (nSPS) is 10.7. The summed E-state index contributed by atoms with van der Waals surface area (Å²) in [6.45, 7) is 3.46. The summed E-state index contributed by atoms with van der Waals surface area (Å²) >= 11 is 2.86. The second-order valence-corrected chi connectivity index (χ2v) is 9.39. The first-order valence-electron chi connectivity index (χ1n) is 10.4. The number of hydrogen-bond donors (Lipinski definition) is 1. The second kappa shape index (κ2) is 10.6. The van der Waals surface area contributed by atoms with Crippen molar-refractivity contribution in [3.05, 3.63) is 71.9 Å². The first-order chi connectivity index (χ1) is 16.4. The highest BCUT2D eigenvalue weighted by atomic mass is 32.2. The number of aryl methyl sites for hydroxylation is 1. The van der Waals surface area contributed by atoms with Crippen LogP contribution in [0.15, 0.2) is 65.7 Å². The van der Waals surface area contributed by atoms with Gasteiger partial charge in [-0.2, -0.15) is 0 Å². The van der Waals surface area contributed by atoms with Gasteiger partial charge in [-0.25, -0.2) is 4.98 Å². The minimum Gasteiger partial charge on any atom is -0.497 e. The maximum absolute atomic E-state index is 12.3. The number of thioether (sulfide) groups is 1. The van der Waals surface area contributed by atoms with Crippen LogP contribution in [0.25, 0.3) is 21.1 Å². The molecule has 9 heteroatoms. The molecular weight excluding hydrogens is 468 g/mol. The largest absolute Gasteiger partial charge is 0.497 e. The zero-order valence-corrected chi connectivity index (χ0v) is 20.5. The Morgan fingerprint density at radius 1 is 1.06 bits per heavy atom. The van der Waals surface area contributed by atoms with Crippen LogP contribution in [0.5, 0.6) is 5.75 Å². The van der Waals surface area contributed by atoms with Crippen LogP contribution in [0.3, 0.4) is 0 Å². The van der Waals surface area contributed by atoms with Gasteiger partial charge in [0.15, 0.2) is 5.78 Å². The van der Waals surface area contributed by atoms with Crippen LogP contribution < -0.4 is 10.1 Å². The van der Waals surface area contributed by atoms with Crippen LogP contribution in [-0.2, 0) is 4.79 Å². The summed E-state index contributed by atoms with van der Waals surface area (Å²) in [6, 6.07) is 18.3. The van der Waals surface area contributed by atoms with Crippen molar-refractivity contribution in [2.45, 2.75) is 18.9 Å². The molecule has 0 spiro atoms. The number of ketones is 1. The van der Waals surface area contributed by atoms with E-state index in [1.165, 1.54) is 18.7 Å². The Bertz CT molecular complexity index is 1320. The number of methoxy groups -OCH3 is 1. The monoisotopic (exact) mass is 490 g/mol. The molecule has 2 heterocycles. The molecule has 1 N–H and O–H groups in total. The molecule has 0 saturated heterocycles. The third-order valence-corrected chi connectivity index (χ3v) is 7.06. The van der Waals surface area contributed by atoms with E-state index >= 15 is 0 Å². The van der Waals surface area contributed by atoms with Crippen LogP contribution in [0.4, 0.5) is 5.69 Å². The summed E-state index contributed by atoms with van der Waals surface area (Å²) in [5.74, 6) is 0.806. The Balaban J connectivity index is 1.38. The molecule has 2 aromatic carbocycles. The molecule has 0 unspecified atom stereocenters. The number of nitrogens with zero attached hydrogens (tertiary/aromatic N) is 3. The number of Topliss-reactive ketones (excluding diaryl/α,β-unsaturated/α-hetero) is 1. The molecule has 4 aromatic rings. The van der Waals surface area contributed by atoms with Crippen LogP contribution in [0.1, 0.15) is 23.0 Å². The summed E-state index contributed by atoms with van der Waals surface area (Å²) in [7, 11) is 1.64. The number of benzene rings is 2. The number of ether oxygens (including phenoxy) is 1. The maximum atomic E-state index is 12.3. The van der Waals surface area contributed by atoms with Crippen molar-refractivity contribution in [3.8, 4) is 26.9 Å². The Hall–Kier alpha value is -3.56. The predicted molar refractivity (Wildman–Crippen MR) is 136 cm³/mol. The number of carbonyl (C=O) groups excluding carboxylic acids is 2. The standard InChI is InChI=1S/C25H22N4O3S2/c1-15-24(34-25(26-15)18-5-4-6-20(13-18)32-3)21-11-12-23(29-28-21)33-14-22(31)27-19-9-7-17(8-10-19)16(2)30/h4-13H,14H2,1-3H3,(H,27,31). The third kappa shape index (κ3) is 5.67. The highest BCUT2D eigenvalue weighted by Crippen LogP contribution is 2.35. The summed E-state index contributed by atoms with van der Waals surface area (Å²) in [5, 5.41) is 13.0. The third-order valence-electron chi connectivity index (χ3n) is 4.91. The van der Waals surface area contributed by atoms with Crippen molar-refractivity contribution in [1.29, 1.82) is 0 Å². The van der Waals surface area contributed by atoms with Gasteiger partial charge in [-0.15, -0.1) is 21.5 Å². The van der Waals surface area contributed by atoms with Crippen molar-refractivity contribution in [2.24, 2.45) is 0 Å². The summed E-state index contributed by atoms with van der Waals surface area (Å²) in [5.41, 5.74) is 3.86. The fourth-order valence-electron chi connectivity index (χ4n) is 3.16. The van der Waals surface area contributed by atoms with Gasteiger partial charge in [0.05, 0.1) is 23.4 Å². The van der Waals surface area contributed by atoms with Crippen molar-refractivity contribution in [1.82, 2.24) is 15.2 Å². The van der Waals surface area contributed by atoms with E-state index in [1.807, 2.05) is 43.3 Å². The molecule has 2 aromatic heterocycles. The van der Waals surface area contributed by atoms with E-state index in [2.05, 4.69) is 20.5 Å². The van der Waals surface area contributed by atoms with E-state index in [-0.39, 0.29) is 17.4 Å². The van der Waals surface area contributed by atoms with Crippen LogP contribution >= 0.6 is 23.1 Å². The molecule has 0 radical (unpaired) electrons. The van der Waals surface area contributed by atoms with Gasteiger partial charge in [0, 0.05) is 16.8 Å². The van der Waals surface area contributed by atoms with Crippen molar-refractivity contribution in [2.75, 3.05) is 18.2 Å². The summed E-state index contributed by atoms with van der Waals surface area (Å²) < 4.78 is 5.31.